The second-order valence-corrected chi connectivity index (χ2v) is 26.2. The summed E-state index contributed by atoms with van der Waals surface area (Å²) < 4.78 is 10.1. The molecule has 2 aromatic heterocycles. The summed E-state index contributed by atoms with van der Waals surface area (Å²) in [5, 5.41) is 4.57. The molecule has 0 amide bonds. The average molecular weight is 1090 g/mol. The van der Waals surface area contributed by atoms with E-state index in [0.29, 0.717) is 0 Å². The summed E-state index contributed by atoms with van der Waals surface area (Å²) >= 11 is 0. The quantitative estimate of drug-likeness (QED) is 0.149. The van der Waals surface area contributed by atoms with Crippen molar-refractivity contribution >= 4 is 118 Å². The highest BCUT2D eigenvalue weighted by molar-refractivity contribution is 7.00. The van der Waals surface area contributed by atoms with Gasteiger partial charge < -0.3 is 23.7 Å². The standard InChI is InChI=1S/C78H67BN4O/c1-76(2,3)52-36-39-57(40-37-52)81-69-49-58(80(55-26-15-11-16-27-55)56-28-17-12-18-29-56)41-42-63(69)79-64-46-53(77(4,5)6)38-43-67(64)83(71-48-54(78(7,8)9)47-70(81)73(71)79)72-45-51(50-24-13-10-14-25-50)44-62-61-32-23-35-68(74(61)84-75(62)72)82-65-33-21-19-30-59(65)60-31-20-22-34-66(60)82/h10-49H,1-9H3. The predicted octanol–water partition coefficient (Wildman–Crippen LogP) is 19.8. The van der Waals surface area contributed by atoms with Gasteiger partial charge in [0.2, 0.25) is 0 Å². The van der Waals surface area contributed by atoms with E-state index < -0.39 is 0 Å². The monoisotopic (exact) mass is 1090 g/mol. The van der Waals surface area contributed by atoms with E-state index in [1.807, 2.05) is 0 Å². The number of hydrogen-bond acceptors (Lipinski definition) is 4. The van der Waals surface area contributed by atoms with Crippen LogP contribution in [0, 0.1) is 0 Å². The molecule has 0 unspecified atom stereocenters. The van der Waals surface area contributed by atoms with Gasteiger partial charge in [0.15, 0.2) is 11.2 Å². The number of hydrogen-bond donors (Lipinski definition) is 0. The van der Waals surface area contributed by atoms with Crippen molar-refractivity contribution < 1.29 is 4.42 Å². The summed E-state index contributed by atoms with van der Waals surface area (Å²) in [6.07, 6.45) is 0. The molecule has 0 spiro atoms. The van der Waals surface area contributed by atoms with E-state index >= 15 is 0 Å². The first-order valence-electron chi connectivity index (χ1n) is 29.7. The van der Waals surface area contributed by atoms with E-state index in [-0.39, 0.29) is 23.0 Å². The topological polar surface area (TPSA) is 27.8 Å². The Balaban J connectivity index is 1.05. The van der Waals surface area contributed by atoms with Gasteiger partial charge in [-0.25, -0.2) is 0 Å². The lowest BCUT2D eigenvalue weighted by Crippen LogP contribution is -2.61. The Morgan fingerprint density at radius 1 is 0.333 bits per heavy atom. The Hall–Kier alpha value is -9.52. The summed E-state index contributed by atoms with van der Waals surface area (Å²) in [7, 11) is 0. The normalized spacial score (nSPS) is 13.2. The van der Waals surface area contributed by atoms with Gasteiger partial charge in [-0.15, -0.1) is 0 Å². The Morgan fingerprint density at radius 2 is 0.881 bits per heavy atom. The highest BCUT2D eigenvalue weighted by Crippen LogP contribution is 2.52. The molecule has 0 N–H and O–H groups in total. The molecule has 5 nitrogen and oxygen atoms in total. The van der Waals surface area contributed by atoms with E-state index in [4.69, 9.17) is 4.42 Å². The summed E-state index contributed by atoms with van der Waals surface area (Å²) in [6, 6.07) is 90.3. The highest BCUT2D eigenvalue weighted by Gasteiger charge is 2.45. The van der Waals surface area contributed by atoms with Crippen molar-refractivity contribution in [1.29, 1.82) is 0 Å². The van der Waals surface area contributed by atoms with Crippen molar-refractivity contribution in [3.8, 4) is 16.8 Å². The first-order valence-corrected chi connectivity index (χ1v) is 29.7. The molecule has 0 bridgehead atoms. The number of aromatic nitrogens is 1. The summed E-state index contributed by atoms with van der Waals surface area (Å²) in [4.78, 5) is 7.55. The fourth-order valence-corrected chi connectivity index (χ4v) is 13.5. The van der Waals surface area contributed by atoms with E-state index in [1.165, 1.54) is 49.5 Å². The molecule has 0 saturated heterocycles. The zero-order valence-electron chi connectivity index (χ0n) is 49.4. The third kappa shape index (κ3) is 8.20. The van der Waals surface area contributed by atoms with Crippen LogP contribution in [0.4, 0.5) is 51.2 Å². The van der Waals surface area contributed by atoms with Crippen LogP contribution in [0.3, 0.4) is 0 Å². The minimum Gasteiger partial charge on any atom is -0.452 e. The van der Waals surface area contributed by atoms with Crippen LogP contribution in [-0.2, 0) is 16.2 Å². The summed E-state index contributed by atoms with van der Waals surface area (Å²) in [5.74, 6) is 0. The first-order chi connectivity index (χ1) is 40.6. The molecular formula is C78H67BN4O. The molecule has 408 valence electrons. The van der Waals surface area contributed by atoms with E-state index in [2.05, 4.69) is 324 Å². The zero-order chi connectivity index (χ0) is 57.4. The van der Waals surface area contributed by atoms with Crippen molar-refractivity contribution in [2.24, 2.45) is 0 Å². The van der Waals surface area contributed by atoms with Crippen molar-refractivity contribution in [1.82, 2.24) is 4.57 Å². The Kier molecular flexibility index (Phi) is 11.6. The maximum absolute atomic E-state index is 7.70. The molecule has 84 heavy (non-hydrogen) atoms. The van der Waals surface area contributed by atoms with Crippen LogP contribution in [-0.4, -0.2) is 11.3 Å². The van der Waals surface area contributed by atoms with Crippen molar-refractivity contribution in [3.63, 3.8) is 0 Å². The van der Waals surface area contributed by atoms with Gasteiger partial charge in [0.1, 0.15) is 0 Å². The molecule has 0 fully saturated rings. The molecule has 11 aromatic carbocycles. The van der Waals surface area contributed by atoms with Gasteiger partial charge in [-0.05, 0) is 158 Å². The molecule has 0 atom stereocenters. The number of rotatable bonds is 7. The van der Waals surface area contributed by atoms with E-state index in [9.17, 15) is 0 Å². The van der Waals surface area contributed by atoms with Crippen LogP contribution in [0.5, 0.6) is 0 Å². The number of fused-ring (bicyclic) bond motifs is 10. The van der Waals surface area contributed by atoms with Crippen LogP contribution in [0.15, 0.2) is 247 Å². The second-order valence-electron chi connectivity index (χ2n) is 26.2. The third-order valence-corrected chi connectivity index (χ3v) is 17.8. The zero-order valence-corrected chi connectivity index (χ0v) is 49.4. The van der Waals surface area contributed by atoms with Crippen LogP contribution < -0.4 is 31.1 Å². The van der Waals surface area contributed by atoms with Crippen molar-refractivity contribution in [2.45, 2.75) is 78.6 Å². The number of nitrogens with zero attached hydrogens (tertiary/aromatic N) is 4. The molecule has 0 saturated carbocycles. The molecule has 2 aliphatic heterocycles. The predicted molar refractivity (Wildman–Crippen MR) is 358 cm³/mol. The summed E-state index contributed by atoms with van der Waals surface area (Å²) in [6.45, 7) is 20.9. The molecule has 13 aromatic rings. The number of para-hydroxylation sites is 5. The molecule has 4 heterocycles. The molecule has 0 radical (unpaired) electrons. The van der Waals surface area contributed by atoms with Gasteiger partial charge in [-0.1, -0.05) is 208 Å². The Bertz CT molecular complexity index is 4640. The van der Waals surface area contributed by atoms with E-state index in [1.54, 1.807) is 0 Å². The molecular weight excluding hydrogens is 1020 g/mol. The lowest BCUT2D eigenvalue weighted by atomic mass is 9.33. The maximum atomic E-state index is 7.70. The minimum atomic E-state index is -0.234. The van der Waals surface area contributed by atoms with Crippen LogP contribution in [0.1, 0.15) is 79.0 Å². The van der Waals surface area contributed by atoms with Gasteiger partial charge in [0.25, 0.3) is 6.71 Å². The molecule has 2 aliphatic rings. The largest absolute Gasteiger partial charge is 0.452 e. The summed E-state index contributed by atoms with van der Waals surface area (Å²) in [5.41, 5.74) is 24.5. The van der Waals surface area contributed by atoms with Crippen molar-refractivity contribution in [3.05, 3.63) is 259 Å². The van der Waals surface area contributed by atoms with Gasteiger partial charge in [0.05, 0.1) is 22.4 Å². The van der Waals surface area contributed by atoms with Crippen LogP contribution in [0.25, 0.3) is 60.6 Å². The number of benzene rings is 11. The number of furan rings is 1. The first kappa shape index (κ1) is 51.4. The Morgan fingerprint density at radius 3 is 1.50 bits per heavy atom. The number of anilines is 9. The highest BCUT2D eigenvalue weighted by atomic mass is 16.3. The molecule has 15 rings (SSSR count). The Labute approximate surface area is 493 Å². The van der Waals surface area contributed by atoms with Gasteiger partial charge in [-0.2, -0.15) is 0 Å². The maximum Gasteiger partial charge on any atom is 0.252 e. The van der Waals surface area contributed by atoms with E-state index in [0.717, 1.165) is 95.3 Å². The lowest BCUT2D eigenvalue weighted by molar-refractivity contribution is 0.590. The molecule has 6 heteroatoms. The van der Waals surface area contributed by atoms with Crippen molar-refractivity contribution in [2.75, 3.05) is 14.7 Å². The fourth-order valence-electron chi connectivity index (χ4n) is 13.5. The minimum absolute atomic E-state index is 0.0246. The fraction of sp³-hybridized carbons (Fsp3) is 0.154. The van der Waals surface area contributed by atoms with Gasteiger partial charge >= 0.3 is 0 Å². The second kappa shape index (κ2) is 19.0. The lowest BCUT2D eigenvalue weighted by Gasteiger charge is -2.45. The van der Waals surface area contributed by atoms with Crippen LogP contribution in [0.2, 0.25) is 0 Å². The smallest absolute Gasteiger partial charge is 0.252 e. The average Bonchev–Trinajstić information content (AvgIpc) is 0.888. The third-order valence-electron chi connectivity index (χ3n) is 17.8. The SMILES string of the molecule is CC(C)(C)c1ccc(N2c3cc(N(c4ccccc4)c4ccccc4)ccc3B3c4cc(C(C)(C)C)ccc4N(c4cc(-c5ccccc5)cc5c4oc4c(-n6c7ccccc7c7ccccc76)cccc45)c4cc(C(C)(C)C)cc2c43)cc1. The van der Waals surface area contributed by atoms with Gasteiger partial charge in [0, 0.05) is 67.0 Å². The molecule has 0 aliphatic carbocycles. The van der Waals surface area contributed by atoms with Gasteiger partial charge in [-0.3, -0.25) is 0 Å². The van der Waals surface area contributed by atoms with Crippen LogP contribution >= 0.6 is 0 Å².